The van der Waals surface area contributed by atoms with Crippen LogP contribution in [0.15, 0.2) is 17.0 Å². The quantitative estimate of drug-likeness (QED) is 0.834. The van der Waals surface area contributed by atoms with Crippen LogP contribution in [0.5, 0.6) is 0 Å². The van der Waals surface area contributed by atoms with Crippen LogP contribution in [-0.2, 0) is 19.6 Å². The molecule has 1 fully saturated rings. The molecule has 0 aliphatic carbocycles. The van der Waals surface area contributed by atoms with Crippen LogP contribution >= 0.6 is 0 Å². The highest BCUT2D eigenvalue weighted by molar-refractivity contribution is 7.89. The summed E-state index contributed by atoms with van der Waals surface area (Å²) in [6.45, 7) is 5.69. The van der Waals surface area contributed by atoms with Gasteiger partial charge in [0, 0.05) is 26.1 Å². The van der Waals surface area contributed by atoms with Crippen molar-refractivity contribution in [3.05, 3.63) is 28.8 Å². The van der Waals surface area contributed by atoms with Gasteiger partial charge in [-0.2, -0.15) is 4.31 Å². The second-order valence-electron chi connectivity index (χ2n) is 6.99. The fraction of sp³-hybridized carbons (Fsp3) is 0.556. The van der Waals surface area contributed by atoms with Gasteiger partial charge in [0.25, 0.3) is 0 Å². The van der Waals surface area contributed by atoms with Crippen LogP contribution in [0.25, 0.3) is 0 Å². The number of carboxylic acids is 1. The maximum Gasteiger partial charge on any atom is 0.323 e. The van der Waals surface area contributed by atoms with Gasteiger partial charge in [0.15, 0.2) is 0 Å². The summed E-state index contributed by atoms with van der Waals surface area (Å²) in [4.78, 5) is 24.6. The van der Waals surface area contributed by atoms with Gasteiger partial charge in [-0.05, 0) is 44.7 Å². The lowest BCUT2D eigenvalue weighted by Crippen LogP contribution is -2.44. The van der Waals surface area contributed by atoms with E-state index in [1.54, 1.807) is 13.8 Å². The lowest BCUT2D eigenvalue weighted by molar-refractivity contribution is -0.145. The van der Waals surface area contributed by atoms with Gasteiger partial charge in [0.1, 0.15) is 6.54 Å². The van der Waals surface area contributed by atoms with Crippen LogP contribution in [0.2, 0.25) is 0 Å². The fourth-order valence-corrected chi connectivity index (χ4v) is 5.52. The van der Waals surface area contributed by atoms with Crippen molar-refractivity contribution in [3.63, 3.8) is 0 Å². The van der Waals surface area contributed by atoms with E-state index in [9.17, 15) is 18.0 Å². The van der Waals surface area contributed by atoms with Gasteiger partial charge < -0.3 is 10.0 Å². The summed E-state index contributed by atoms with van der Waals surface area (Å²) in [5.41, 5.74) is 2.47. The number of hydrogen-bond acceptors (Lipinski definition) is 4. The van der Waals surface area contributed by atoms with E-state index in [0.29, 0.717) is 17.7 Å². The Kier molecular flexibility index (Phi) is 6.08. The zero-order chi connectivity index (χ0) is 19.6. The van der Waals surface area contributed by atoms with E-state index >= 15 is 0 Å². The molecule has 1 aromatic rings. The third-order valence-corrected chi connectivity index (χ3v) is 6.96. The molecule has 0 radical (unpaired) electrons. The Labute approximate surface area is 154 Å². The number of likely N-dealkylation sites (N-methyl/N-ethyl adjacent to an activating group) is 1. The summed E-state index contributed by atoms with van der Waals surface area (Å²) in [7, 11) is -2.16. The molecule has 1 aliphatic heterocycles. The van der Waals surface area contributed by atoms with E-state index in [1.165, 1.54) is 16.3 Å². The minimum Gasteiger partial charge on any atom is -0.480 e. The Bertz CT molecular complexity index is 788. The molecular formula is C18H26N2O5S. The lowest BCUT2D eigenvalue weighted by atomic mass is 9.97. The van der Waals surface area contributed by atoms with Gasteiger partial charge in [-0.1, -0.05) is 17.7 Å². The van der Waals surface area contributed by atoms with Crippen LogP contribution in [0, 0.1) is 26.7 Å². The van der Waals surface area contributed by atoms with Crippen molar-refractivity contribution in [2.24, 2.45) is 5.92 Å². The van der Waals surface area contributed by atoms with E-state index in [1.807, 2.05) is 19.1 Å². The summed E-state index contributed by atoms with van der Waals surface area (Å²) < 4.78 is 27.5. The first kappa shape index (κ1) is 20.4. The third kappa shape index (κ3) is 4.24. The summed E-state index contributed by atoms with van der Waals surface area (Å²) in [5.74, 6) is -1.65. The van der Waals surface area contributed by atoms with Crippen LogP contribution in [0.1, 0.15) is 29.5 Å². The van der Waals surface area contributed by atoms with Crippen molar-refractivity contribution in [2.75, 3.05) is 26.7 Å². The van der Waals surface area contributed by atoms with E-state index < -0.39 is 16.0 Å². The van der Waals surface area contributed by atoms with E-state index in [4.69, 9.17) is 5.11 Å². The molecule has 0 spiro atoms. The first-order valence-electron chi connectivity index (χ1n) is 8.58. The van der Waals surface area contributed by atoms with Gasteiger partial charge in [-0.3, -0.25) is 9.59 Å². The summed E-state index contributed by atoms with van der Waals surface area (Å²) in [6.07, 6.45) is 0.790. The molecule has 1 heterocycles. The van der Waals surface area contributed by atoms with Crippen molar-refractivity contribution < 1.29 is 23.1 Å². The molecule has 0 unspecified atom stereocenters. The average molecular weight is 382 g/mol. The molecule has 8 heteroatoms. The second kappa shape index (κ2) is 7.75. The maximum atomic E-state index is 13.0. The number of carboxylic acid groups (broad SMARTS) is 1. The highest BCUT2D eigenvalue weighted by atomic mass is 32.2. The summed E-state index contributed by atoms with van der Waals surface area (Å²) in [6, 6.07) is 3.72. The molecule has 1 aromatic carbocycles. The summed E-state index contributed by atoms with van der Waals surface area (Å²) >= 11 is 0. The molecule has 1 amide bonds. The van der Waals surface area contributed by atoms with Crippen molar-refractivity contribution in [3.8, 4) is 0 Å². The predicted octanol–water partition coefficient (Wildman–Crippen LogP) is 1.56. The zero-order valence-corrected chi connectivity index (χ0v) is 16.5. The van der Waals surface area contributed by atoms with Crippen LogP contribution in [-0.4, -0.2) is 61.3 Å². The number of carbonyl (C=O) groups is 2. The van der Waals surface area contributed by atoms with Gasteiger partial charge >= 0.3 is 5.97 Å². The molecule has 0 saturated carbocycles. The van der Waals surface area contributed by atoms with E-state index in [0.717, 1.165) is 16.7 Å². The monoisotopic (exact) mass is 382 g/mol. The summed E-state index contributed by atoms with van der Waals surface area (Å²) in [5, 5.41) is 8.80. The Hall–Kier alpha value is -1.93. The first-order chi connectivity index (χ1) is 12.0. The molecule has 144 valence electrons. The van der Waals surface area contributed by atoms with Gasteiger partial charge in [0.2, 0.25) is 15.9 Å². The number of piperidine rings is 1. The first-order valence-corrected chi connectivity index (χ1v) is 10.0. The Morgan fingerprint density at radius 2 is 1.65 bits per heavy atom. The molecule has 1 aliphatic rings. The number of aryl methyl sites for hydroxylation is 3. The number of aliphatic carboxylic acids is 1. The number of sulfonamides is 1. The largest absolute Gasteiger partial charge is 0.480 e. The smallest absolute Gasteiger partial charge is 0.323 e. The Balaban J connectivity index is 2.12. The molecule has 0 aromatic heterocycles. The molecule has 2 rings (SSSR count). The highest BCUT2D eigenvalue weighted by Gasteiger charge is 2.34. The minimum absolute atomic E-state index is 0.243. The van der Waals surface area contributed by atoms with Crippen molar-refractivity contribution in [2.45, 2.75) is 38.5 Å². The van der Waals surface area contributed by atoms with Crippen LogP contribution in [0.4, 0.5) is 0 Å². The fourth-order valence-electron chi connectivity index (χ4n) is 3.64. The Morgan fingerprint density at radius 1 is 1.15 bits per heavy atom. The number of carbonyl (C=O) groups excluding carboxylic acids is 1. The topological polar surface area (TPSA) is 95.0 Å². The minimum atomic E-state index is -3.61. The number of benzene rings is 1. The Morgan fingerprint density at radius 3 is 2.12 bits per heavy atom. The van der Waals surface area contributed by atoms with Crippen LogP contribution in [0.3, 0.4) is 0 Å². The van der Waals surface area contributed by atoms with E-state index in [-0.39, 0.29) is 31.5 Å². The molecule has 1 saturated heterocycles. The van der Waals surface area contributed by atoms with Crippen molar-refractivity contribution >= 4 is 21.9 Å². The maximum absolute atomic E-state index is 13.0. The van der Waals surface area contributed by atoms with Gasteiger partial charge in [-0.25, -0.2) is 8.42 Å². The standard InChI is InChI=1S/C18H26N2O5S/c1-12-9-13(2)17(14(3)10-12)26(24,25)20-7-5-15(6-8-20)18(23)19(4)11-16(21)22/h9-10,15H,5-8,11H2,1-4H3,(H,21,22). The number of rotatable bonds is 5. The zero-order valence-electron chi connectivity index (χ0n) is 15.7. The third-order valence-electron chi connectivity index (χ3n) is 4.75. The lowest BCUT2D eigenvalue weighted by Gasteiger charge is -2.32. The molecule has 7 nitrogen and oxygen atoms in total. The average Bonchev–Trinajstić information content (AvgIpc) is 2.52. The molecular weight excluding hydrogens is 356 g/mol. The second-order valence-corrected chi connectivity index (χ2v) is 8.87. The number of nitrogens with zero attached hydrogens (tertiary/aromatic N) is 2. The van der Waals surface area contributed by atoms with Gasteiger partial charge in [0.05, 0.1) is 4.90 Å². The van der Waals surface area contributed by atoms with Crippen molar-refractivity contribution in [1.29, 1.82) is 0 Å². The molecule has 1 N–H and O–H groups in total. The molecule has 26 heavy (non-hydrogen) atoms. The molecule has 0 atom stereocenters. The SMILES string of the molecule is Cc1cc(C)c(S(=O)(=O)N2CCC(C(=O)N(C)CC(=O)O)CC2)c(C)c1. The highest BCUT2D eigenvalue weighted by Crippen LogP contribution is 2.29. The van der Waals surface area contributed by atoms with Crippen molar-refractivity contribution in [1.82, 2.24) is 9.21 Å². The van der Waals surface area contributed by atoms with Crippen LogP contribution < -0.4 is 0 Å². The van der Waals surface area contributed by atoms with E-state index in [2.05, 4.69) is 0 Å². The predicted molar refractivity (Wildman–Crippen MR) is 97.4 cm³/mol. The van der Waals surface area contributed by atoms with Gasteiger partial charge in [-0.15, -0.1) is 0 Å². The molecule has 0 bridgehead atoms. The number of hydrogen-bond donors (Lipinski definition) is 1. The number of amides is 1. The normalized spacial score (nSPS) is 16.5.